The molecule has 2 aromatic carbocycles. The van der Waals surface area contributed by atoms with Crippen LogP contribution in [0.25, 0.3) is 16.1 Å². The zero-order valence-electron chi connectivity index (χ0n) is 18.3. The third-order valence-corrected chi connectivity index (χ3v) is 5.23. The molecule has 0 unspecified atom stereocenters. The molecule has 0 heterocycles. The van der Waals surface area contributed by atoms with Crippen molar-refractivity contribution in [2.45, 2.75) is 64.2 Å². The summed E-state index contributed by atoms with van der Waals surface area (Å²) < 4.78 is 17.3. The van der Waals surface area contributed by atoms with Gasteiger partial charge in [0.1, 0.15) is 11.5 Å². The van der Waals surface area contributed by atoms with Crippen LogP contribution in [0.2, 0.25) is 0 Å². The minimum Gasteiger partial charge on any atom is -0.494 e. The first-order valence-corrected chi connectivity index (χ1v) is 11.3. The second kappa shape index (κ2) is 13.0. The Morgan fingerprint density at radius 2 is 1.53 bits per heavy atom. The summed E-state index contributed by atoms with van der Waals surface area (Å²) in [6, 6.07) is 9.56. The number of hydrogen-bond donors (Lipinski definition) is 1. The summed E-state index contributed by atoms with van der Waals surface area (Å²) in [5, 5.41) is 9.36. The van der Waals surface area contributed by atoms with Gasteiger partial charge in [-0.15, -0.1) is 12.6 Å². The summed E-state index contributed by atoms with van der Waals surface area (Å²) in [6.07, 6.45) is 7.46. The molecule has 6 heteroatoms. The quantitative estimate of drug-likeness (QED) is 0.202. The van der Waals surface area contributed by atoms with Crippen LogP contribution in [0.1, 0.15) is 59.3 Å². The zero-order chi connectivity index (χ0) is 21.8. The molecule has 162 valence electrons. The van der Waals surface area contributed by atoms with Crippen LogP contribution in [0.3, 0.4) is 0 Å². The van der Waals surface area contributed by atoms with Crippen molar-refractivity contribution < 1.29 is 14.2 Å². The predicted octanol–water partition coefficient (Wildman–Crippen LogP) is 7.66. The smallest absolute Gasteiger partial charge is 0.431 e. The van der Waals surface area contributed by atoms with E-state index in [9.17, 15) is 5.39 Å². The summed E-state index contributed by atoms with van der Waals surface area (Å²) in [4.78, 5) is 3.91. The lowest BCUT2D eigenvalue weighted by Crippen LogP contribution is -2.00. The lowest BCUT2D eigenvalue weighted by molar-refractivity contribution is 0.304. The Kier molecular flexibility index (Phi) is 10.4. The molecule has 30 heavy (non-hydrogen) atoms. The maximum Gasteiger partial charge on any atom is 0.431 e. The number of ether oxygens (including phenoxy) is 3. The van der Waals surface area contributed by atoms with Crippen LogP contribution < -0.4 is 14.2 Å². The molecule has 2 aromatic rings. The molecule has 0 fully saturated rings. The Hall–Kier alpha value is -2.39. The lowest BCUT2D eigenvalue weighted by atomic mass is 10.0. The third-order valence-electron chi connectivity index (χ3n) is 4.80. The Balaban J connectivity index is 2.14. The van der Waals surface area contributed by atoms with Crippen molar-refractivity contribution in [3.63, 3.8) is 0 Å². The van der Waals surface area contributed by atoms with Gasteiger partial charge < -0.3 is 14.2 Å². The van der Waals surface area contributed by atoms with E-state index in [2.05, 4.69) is 24.5 Å². The number of benzene rings is 2. The highest BCUT2D eigenvalue weighted by Crippen LogP contribution is 2.47. The van der Waals surface area contributed by atoms with Crippen LogP contribution >= 0.6 is 12.6 Å². The van der Waals surface area contributed by atoms with Crippen molar-refractivity contribution in [2.24, 2.45) is 0 Å². The molecule has 0 saturated carbocycles. The second-order valence-corrected chi connectivity index (χ2v) is 7.50. The monoisotopic (exact) mass is 429 g/mol. The van der Waals surface area contributed by atoms with Crippen LogP contribution in [0.15, 0.2) is 35.2 Å². The van der Waals surface area contributed by atoms with Gasteiger partial charge in [0.2, 0.25) is 11.1 Å². The van der Waals surface area contributed by atoms with Gasteiger partial charge in [-0.1, -0.05) is 51.2 Å². The lowest BCUT2D eigenvalue weighted by Gasteiger charge is -2.15. The van der Waals surface area contributed by atoms with Crippen LogP contribution in [-0.2, 0) is 0 Å². The molecular weight excluding hydrogens is 396 g/mol. The molecule has 0 aliphatic rings. The molecular formula is C24H33N2O3S+. The summed E-state index contributed by atoms with van der Waals surface area (Å²) in [5.74, 6) is 1.88. The van der Waals surface area contributed by atoms with Gasteiger partial charge in [0.15, 0.2) is 4.98 Å². The van der Waals surface area contributed by atoms with Gasteiger partial charge in [-0.3, -0.25) is 0 Å². The first-order valence-electron chi connectivity index (χ1n) is 10.9. The number of nitrogens with zero attached hydrogens (tertiary/aromatic N) is 2. The topological polar surface area (TPSA) is 55.8 Å². The van der Waals surface area contributed by atoms with Crippen molar-refractivity contribution >= 4 is 18.3 Å². The Bertz CT molecular complexity index is 832. The summed E-state index contributed by atoms with van der Waals surface area (Å²) in [7, 11) is 0. The molecule has 0 bridgehead atoms. The number of rotatable bonds is 13. The van der Waals surface area contributed by atoms with E-state index in [1.54, 1.807) is 6.07 Å². The number of thiol groups is 1. The van der Waals surface area contributed by atoms with Crippen LogP contribution in [-0.4, -0.2) is 19.8 Å². The van der Waals surface area contributed by atoms with Crippen molar-refractivity contribution in [1.82, 2.24) is 0 Å². The molecule has 0 aromatic heterocycles. The minimum atomic E-state index is 0.299. The van der Waals surface area contributed by atoms with Crippen LogP contribution in [0.5, 0.6) is 17.2 Å². The fraction of sp³-hybridized carbons (Fsp3) is 0.500. The van der Waals surface area contributed by atoms with E-state index in [-0.39, 0.29) is 0 Å². The minimum absolute atomic E-state index is 0.299. The highest BCUT2D eigenvalue weighted by atomic mass is 32.1. The van der Waals surface area contributed by atoms with E-state index < -0.39 is 0 Å². The number of hydrogen-bond acceptors (Lipinski definition) is 5. The summed E-state index contributed by atoms with van der Waals surface area (Å²) in [5.41, 5.74) is 2.03. The molecule has 0 aliphatic heterocycles. The van der Waals surface area contributed by atoms with E-state index in [1.165, 1.54) is 32.1 Å². The number of diazo groups is 1. The average Bonchev–Trinajstić information content (AvgIpc) is 2.76. The van der Waals surface area contributed by atoms with Crippen molar-refractivity contribution in [3.8, 4) is 28.4 Å². The first kappa shape index (κ1) is 23.9. The van der Waals surface area contributed by atoms with Crippen molar-refractivity contribution in [3.05, 3.63) is 35.3 Å². The summed E-state index contributed by atoms with van der Waals surface area (Å²) in [6.45, 7) is 7.67. The summed E-state index contributed by atoms with van der Waals surface area (Å²) >= 11 is 4.67. The van der Waals surface area contributed by atoms with Gasteiger partial charge in [0.25, 0.3) is 0 Å². The second-order valence-electron chi connectivity index (χ2n) is 7.05. The van der Waals surface area contributed by atoms with Crippen molar-refractivity contribution in [2.75, 3.05) is 19.8 Å². The first-order chi connectivity index (χ1) is 14.7. The normalized spacial score (nSPS) is 10.5. The Morgan fingerprint density at radius 1 is 0.867 bits per heavy atom. The highest BCUT2D eigenvalue weighted by molar-refractivity contribution is 7.80. The third kappa shape index (κ3) is 6.56. The molecule has 0 radical (unpaired) electrons. The average molecular weight is 430 g/mol. The zero-order valence-corrected chi connectivity index (χ0v) is 19.2. The van der Waals surface area contributed by atoms with Gasteiger partial charge in [0.05, 0.1) is 30.8 Å². The van der Waals surface area contributed by atoms with Gasteiger partial charge in [-0.25, -0.2) is 0 Å². The maximum absolute atomic E-state index is 9.36. The Morgan fingerprint density at radius 3 is 2.17 bits per heavy atom. The van der Waals surface area contributed by atoms with Crippen LogP contribution in [0, 0.1) is 5.39 Å². The van der Waals surface area contributed by atoms with E-state index in [4.69, 9.17) is 14.2 Å². The van der Waals surface area contributed by atoms with Gasteiger partial charge >= 0.3 is 5.69 Å². The van der Waals surface area contributed by atoms with E-state index in [0.717, 1.165) is 29.9 Å². The molecule has 0 saturated heterocycles. The molecule has 0 amide bonds. The maximum atomic E-state index is 9.36. The highest BCUT2D eigenvalue weighted by Gasteiger charge is 2.26. The van der Waals surface area contributed by atoms with Crippen LogP contribution in [0.4, 0.5) is 5.69 Å². The van der Waals surface area contributed by atoms with E-state index >= 15 is 0 Å². The van der Waals surface area contributed by atoms with Crippen molar-refractivity contribution in [1.29, 1.82) is 5.39 Å². The molecule has 2 rings (SSSR count). The van der Waals surface area contributed by atoms with E-state index in [1.807, 2.05) is 38.1 Å². The standard InChI is InChI=1S/C24H32N2O3S/c1-4-7-8-9-10-11-16-29-19-14-12-18(13-15-19)22-21(27-5-2)17-20(26-25)23(24(22)30)28-6-3/h12-15,17H,4-11,16H2,1-3H3/p+1. The molecule has 5 nitrogen and oxygen atoms in total. The fourth-order valence-electron chi connectivity index (χ4n) is 3.31. The van der Waals surface area contributed by atoms with Gasteiger partial charge in [0, 0.05) is 5.56 Å². The van der Waals surface area contributed by atoms with Gasteiger partial charge in [-0.05, 0) is 38.0 Å². The molecule has 0 spiro atoms. The SMILES string of the molecule is CCCCCCCCOc1ccc(-c2c(OCC)cc([N+]#N)c(OCC)c2S)cc1. The Labute approximate surface area is 185 Å². The largest absolute Gasteiger partial charge is 0.494 e. The number of unbranched alkanes of at least 4 members (excludes halogenated alkanes) is 5. The molecule has 0 N–H and O–H groups in total. The molecule has 0 aliphatic carbocycles. The fourth-order valence-corrected chi connectivity index (χ4v) is 3.73. The predicted molar refractivity (Wildman–Crippen MR) is 125 cm³/mol. The molecule has 0 atom stereocenters. The van der Waals surface area contributed by atoms with E-state index in [0.29, 0.717) is 35.3 Å². The van der Waals surface area contributed by atoms with Gasteiger partial charge in [-0.2, -0.15) is 0 Å².